The minimum Gasteiger partial charge on any atom is -0.493 e. The summed E-state index contributed by atoms with van der Waals surface area (Å²) in [4.78, 5) is 10.6. The smallest absolute Gasteiger partial charge is 0.241 e. The van der Waals surface area contributed by atoms with Crippen LogP contribution in [0, 0.1) is 0 Å². The molecule has 0 saturated carbocycles. The molecule has 0 unspecified atom stereocenters. The van der Waals surface area contributed by atoms with Gasteiger partial charge in [-0.05, 0) is 30.7 Å². The highest BCUT2D eigenvalue weighted by Gasteiger charge is 2.03. The van der Waals surface area contributed by atoms with Crippen LogP contribution in [0.5, 0.6) is 11.5 Å². The topological polar surface area (TPSA) is 61.5 Å². The molecule has 4 heteroatoms. The number of ether oxygens (including phenoxy) is 2. The van der Waals surface area contributed by atoms with Gasteiger partial charge in [-0.1, -0.05) is 6.07 Å². The van der Waals surface area contributed by atoms with E-state index < -0.39 is 5.91 Å². The highest BCUT2D eigenvalue weighted by molar-refractivity contribution is 5.90. The summed E-state index contributed by atoms with van der Waals surface area (Å²) in [5.74, 6) is 0.837. The van der Waals surface area contributed by atoms with Gasteiger partial charge in [-0.2, -0.15) is 0 Å². The first-order valence-corrected chi connectivity index (χ1v) is 4.95. The van der Waals surface area contributed by atoms with Crippen molar-refractivity contribution in [1.29, 1.82) is 0 Å². The third-order valence-corrected chi connectivity index (χ3v) is 1.93. The fourth-order valence-electron chi connectivity index (χ4n) is 1.24. The second-order valence-electron chi connectivity index (χ2n) is 3.08. The standard InChI is InChI=1S/C12H15NO3/c1-3-16-11-8-9(5-7-12(13)14)4-6-10(11)15-2/h4-8H,3H2,1-2H3,(H2,13,14)/b7-5+. The van der Waals surface area contributed by atoms with Gasteiger partial charge in [0.25, 0.3) is 0 Å². The Balaban J connectivity index is 2.96. The zero-order valence-corrected chi connectivity index (χ0v) is 9.40. The number of carbonyl (C=O) groups excluding carboxylic acids is 1. The molecule has 16 heavy (non-hydrogen) atoms. The Hall–Kier alpha value is -1.97. The van der Waals surface area contributed by atoms with E-state index >= 15 is 0 Å². The van der Waals surface area contributed by atoms with Gasteiger partial charge in [-0.25, -0.2) is 0 Å². The van der Waals surface area contributed by atoms with E-state index in [0.29, 0.717) is 18.1 Å². The van der Waals surface area contributed by atoms with Gasteiger partial charge in [-0.15, -0.1) is 0 Å². The van der Waals surface area contributed by atoms with Crippen molar-refractivity contribution >= 4 is 12.0 Å². The molecule has 0 bridgehead atoms. The van der Waals surface area contributed by atoms with Crippen molar-refractivity contribution in [3.63, 3.8) is 0 Å². The number of methoxy groups -OCH3 is 1. The molecular weight excluding hydrogens is 206 g/mol. The number of hydrogen-bond donors (Lipinski definition) is 1. The van der Waals surface area contributed by atoms with Crippen LogP contribution in [0.1, 0.15) is 12.5 Å². The molecule has 0 atom stereocenters. The predicted octanol–water partition coefficient (Wildman–Crippen LogP) is 1.59. The van der Waals surface area contributed by atoms with Gasteiger partial charge in [-0.3, -0.25) is 4.79 Å². The molecule has 0 aromatic heterocycles. The van der Waals surface area contributed by atoms with Gasteiger partial charge in [0, 0.05) is 6.08 Å². The minimum absolute atomic E-state index is 0.478. The van der Waals surface area contributed by atoms with Gasteiger partial charge in [0.1, 0.15) is 0 Å². The number of carbonyl (C=O) groups is 1. The summed E-state index contributed by atoms with van der Waals surface area (Å²) in [5, 5.41) is 0. The van der Waals surface area contributed by atoms with Gasteiger partial charge in [0.2, 0.25) is 5.91 Å². The Bertz CT molecular complexity index is 399. The maximum Gasteiger partial charge on any atom is 0.241 e. The number of primary amides is 1. The summed E-state index contributed by atoms with van der Waals surface area (Å²) in [7, 11) is 1.58. The summed E-state index contributed by atoms with van der Waals surface area (Å²) in [6, 6.07) is 5.40. The first-order valence-electron chi connectivity index (χ1n) is 4.95. The number of nitrogens with two attached hydrogens (primary N) is 1. The van der Waals surface area contributed by atoms with Gasteiger partial charge in [0.15, 0.2) is 11.5 Å². The van der Waals surface area contributed by atoms with Crippen LogP contribution in [0.15, 0.2) is 24.3 Å². The largest absolute Gasteiger partial charge is 0.493 e. The van der Waals surface area contributed by atoms with Crippen LogP contribution in [0.4, 0.5) is 0 Å². The third-order valence-electron chi connectivity index (χ3n) is 1.93. The minimum atomic E-state index is -0.478. The van der Waals surface area contributed by atoms with E-state index in [-0.39, 0.29) is 0 Å². The average molecular weight is 221 g/mol. The van der Waals surface area contributed by atoms with Gasteiger partial charge >= 0.3 is 0 Å². The van der Waals surface area contributed by atoms with E-state index in [4.69, 9.17) is 15.2 Å². The molecule has 4 nitrogen and oxygen atoms in total. The van der Waals surface area contributed by atoms with E-state index in [1.165, 1.54) is 6.08 Å². The molecular formula is C12H15NO3. The van der Waals surface area contributed by atoms with Crippen molar-refractivity contribution in [2.45, 2.75) is 6.92 Å². The van der Waals surface area contributed by atoms with Crippen LogP contribution >= 0.6 is 0 Å². The van der Waals surface area contributed by atoms with Crippen molar-refractivity contribution in [1.82, 2.24) is 0 Å². The van der Waals surface area contributed by atoms with Crippen LogP contribution in [0.3, 0.4) is 0 Å². The van der Waals surface area contributed by atoms with Crippen molar-refractivity contribution in [3.8, 4) is 11.5 Å². The van der Waals surface area contributed by atoms with Crippen LogP contribution in [0.2, 0.25) is 0 Å². The van der Waals surface area contributed by atoms with Crippen LogP contribution in [-0.2, 0) is 4.79 Å². The first kappa shape index (κ1) is 12.1. The summed E-state index contributed by atoms with van der Waals surface area (Å²) in [6.45, 7) is 2.45. The zero-order chi connectivity index (χ0) is 12.0. The van der Waals surface area contributed by atoms with Crippen LogP contribution in [0.25, 0.3) is 6.08 Å². The van der Waals surface area contributed by atoms with Gasteiger partial charge in [0.05, 0.1) is 13.7 Å². The van der Waals surface area contributed by atoms with Crippen molar-refractivity contribution in [2.75, 3.05) is 13.7 Å². The predicted molar refractivity (Wildman–Crippen MR) is 62.4 cm³/mol. The highest BCUT2D eigenvalue weighted by Crippen LogP contribution is 2.28. The lowest BCUT2D eigenvalue weighted by Crippen LogP contribution is -2.05. The van der Waals surface area contributed by atoms with E-state index in [2.05, 4.69) is 0 Å². The number of rotatable bonds is 5. The fourth-order valence-corrected chi connectivity index (χ4v) is 1.24. The third kappa shape index (κ3) is 3.31. The van der Waals surface area contributed by atoms with Crippen LogP contribution < -0.4 is 15.2 Å². The molecule has 0 saturated heterocycles. The molecule has 1 rings (SSSR count). The summed E-state index contributed by atoms with van der Waals surface area (Å²) < 4.78 is 10.5. The van der Waals surface area contributed by atoms with Crippen molar-refractivity contribution < 1.29 is 14.3 Å². The lowest BCUT2D eigenvalue weighted by Gasteiger charge is -2.09. The number of benzene rings is 1. The lowest BCUT2D eigenvalue weighted by molar-refractivity contribution is -0.113. The molecule has 0 radical (unpaired) electrons. The monoisotopic (exact) mass is 221 g/mol. The molecule has 0 heterocycles. The van der Waals surface area contributed by atoms with Crippen molar-refractivity contribution in [2.24, 2.45) is 5.73 Å². The van der Waals surface area contributed by atoms with Gasteiger partial charge < -0.3 is 15.2 Å². The molecule has 2 N–H and O–H groups in total. The van der Waals surface area contributed by atoms with E-state index in [0.717, 1.165) is 5.56 Å². The Morgan fingerprint density at radius 2 is 2.19 bits per heavy atom. The van der Waals surface area contributed by atoms with Crippen molar-refractivity contribution in [3.05, 3.63) is 29.8 Å². The molecule has 1 aromatic carbocycles. The zero-order valence-electron chi connectivity index (χ0n) is 9.40. The summed E-state index contributed by atoms with van der Waals surface area (Å²) in [6.07, 6.45) is 2.93. The Morgan fingerprint density at radius 1 is 1.44 bits per heavy atom. The van der Waals surface area contributed by atoms with E-state index in [1.54, 1.807) is 25.3 Å². The molecule has 0 aliphatic rings. The molecule has 0 fully saturated rings. The summed E-state index contributed by atoms with van der Waals surface area (Å²) in [5.41, 5.74) is 5.85. The number of amides is 1. The Kier molecular flexibility index (Phi) is 4.39. The fraction of sp³-hybridized carbons (Fsp3) is 0.250. The molecule has 1 amide bonds. The Morgan fingerprint density at radius 3 is 2.75 bits per heavy atom. The SMILES string of the molecule is CCOc1cc(/C=C/C(N)=O)ccc1OC. The second kappa shape index (κ2) is 5.80. The maximum absolute atomic E-state index is 10.6. The summed E-state index contributed by atoms with van der Waals surface area (Å²) >= 11 is 0. The quantitative estimate of drug-likeness (QED) is 0.768. The molecule has 0 aliphatic carbocycles. The second-order valence-corrected chi connectivity index (χ2v) is 3.08. The van der Waals surface area contributed by atoms with E-state index in [1.807, 2.05) is 13.0 Å². The average Bonchev–Trinajstić information content (AvgIpc) is 2.27. The molecule has 0 aliphatic heterocycles. The highest BCUT2D eigenvalue weighted by atomic mass is 16.5. The lowest BCUT2D eigenvalue weighted by atomic mass is 10.2. The Labute approximate surface area is 94.7 Å². The molecule has 0 spiro atoms. The number of hydrogen-bond acceptors (Lipinski definition) is 3. The van der Waals surface area contributed by atoms with Crippen LogP contribution in [-0.4, -0.2) is 19.6 Å². The molecule has 1 aromatic rings. The first-order chi connectivity index (χ1) is 7.67. The molecule has 86 valence electrons. The maximum atomic E-state index is 10.6. The normalized spacial score (nSPS) is 10.4. The van der Waals surface area contributed by atoms with E-state index in [9.17, 15) is 4.79 Å².